The second-order valence-corrected chi connectivity index (χ2v) is 2.71. The van der Waals surface area contributed by atoms with E-state index < -0.39 is 7.82 Å². The Hall–Kier alpha value is -0.150. The van der Waals surface area contributed by atoms with Crippen LogP contribution in [-0.4, -0.2) is 0 Å². The van der Waals surface area contributed by atoms with Crippen LogP contribution >= 0.6 is 7.82 Å². The summed E-state index contributed by atoms with van der Waals surface area (Å²) in [6.45, 7) is 6.20. The minimum absolute atomic E-state index is 1.38. The lowest BCUT2D eigenvalue weighted by Gasteiger charge is -2.36. The highest BCUT2D eigenvalue weighted by atomic mass is 31.2. The largest absolute Gasteiger partial charge is 0.822 e. The van der Waals surface area contributed by atoms with Gasteiger partial charge in [-0.1, -0.05) is 11.6 Å². The summed E-state index contributed by atoms with van der Waals surface area (Å²) in [5, 5.41) is 0. The van der Waals surface area contributed by atoms with Crippen LogP contribution < -0.4 is 14.7 Å². The van der Waals surface area contributed by atoms with E-state index in [9.17, 15) is 0 Å². The lowest BCUT2D eigenvalue weighted by molar-refractivity contribution is -0.432. The van der Waals surface area contributed by atoms with E-state index in [1.54, 1.807) is 0 Å². The van der Waals surface area contributed by atoms with Crippen molar-refractivity contribution < 1.29 is 19.2 Å². The van der Waals surface area contributed by atoms with Crippen LogP contribution in [0.3, 0.4) is 0 Å². The van der Waals surface area contributed by atoms with Gasteiger partial charge in [-0.05, 0) is 20.8 Å². The van der Waals surface area contributed by atoms with Gasteiger partial charge in [0.25, 0.3) is 0 Å². The first kappa shape index (κ1) is 12.5. The summed E-state index contributed by atoms with van der Waals surface area (Å²) in [6.07, 6.45) is 2.08. The van der Waals surface area contributed by atoms with Crippen LogP contribution in [0.4, 0.5) is 0 Å². The van der Waals surface area contributed by atoms with Crippen molar-refractivity contribution in [2.75, 3.05) is 0 Å². The average Bonchev–Trinajstić information content (AvgIpc) is 1.61. The summed E-state index contributed by atoms with van der Waals surface area (Å²) < 4.78 is 8.55. The molecular formula is C5H10O4P-3. The Morgan fingerprint density at radius 2 is 1.40 bits per heavy atom. The molecule has 0 aliphatic heterocycles. The topological polar surface area (TPSA) is 86.2 Å². The number of allylic oxidation sites excluding steroid dienone is 2. The zero-order valence-electron chi connectivity index (χ0n) is 6.16. The minimum Gasteiger partial charge on any atom is -0.822 e. The normalized spacial score (nSPS) is 9.40. The van der Waals surface area contributed by atoms with E-state index in [2.05, 4.69) is 19.9 Å². The fourth-order valence-corrected chi connectivity index (χ4v) is 0. The molecule has 0 fully saturated rings. The van der Waals surface area contributed by atoms with E-state index >= 15 is 0 Å². The van der Waals surface area contributed by atoms with Gasteiger partial charge in [0, 0.05) is 0 Å². The second-order valence-electron chi connectivity index (χ2n) is 1.81. The maximum absolute atomic E-state index is 8.55. The predicted molar refractivity (Wildman–Crippen MR) is 32.7 cm³/mol. The summed E-state index contributed by atoms with van der Waals surface area (Å²) in [5.74, 6) is 0. The van der Waals surface area contributed by atoms with Crippen molar-refractivity contribution in [2.24, 2.45) is 0 Å². The molecule has 0 aliphatic rings. The maximum Gasteiger partial charge on any atom is -0.0442 e. The van der Waals surface area contributed by atoms with Crippen molar-refractivity contribution in [3.05, 3.63) is 11.6 Å². The quantitative estimate of drug-likeness (QED) is 0.345. The van der Waals surface area contributed by atoms with Crippen LogP contribution in [-0.2, 0) is 4.57 Å². The molecule has 0 heterocycles. The number of hydrogen-bond acceptors (Lipinski definition) is 4. The summed E-state index contributed by atoms with van der Waals surface area (Å²) >= 11 is 0. The molecule has 4 nitrogen and oxygen atoms in total. The van der Waals surface area contributed by atoms with E-state index in [0.29, 0.717) is 0 Å². The highest BCUT2D eigenvalue weighted by Crippen LogP contribution is 2.03. The van der Waals surface area contributed by atoms with Gasteiger partial charge in [-0.3, -0.25) is 0 Å². The zero-order valence-corrected chi connectivity index (χ0v) is 7.05. The predicted octanol–water partition coefficient (Wildman–Crippen LogP) is -0.852. The fraction of sp³-hybridized carbons (Fsp3) is 0.600. The van der Waals surface area contributed by atoms with Crippen LogP contribution in [0.15, 0.2) is 11.6 Å². The van der Waals surface area contributed by atoms with Gasteiger partial charge >= 0.3 is 0 Å². The van der Waals surface area contributed by atoms with Gasteiger partial charge in [0.1, 0.15) is 0 Å². The summed E-state index contributed by atoms with van der Waals surface area (Å²) in [7, 11) is -5.39. The highest BCUT2D eigenvalue weighted by molar-refractivity contribution is 7.40. The molecule has 62 valence electrons. The van der Waals surface area contributed by atoms with Crippen LogP contribution in [0.2, 0.25) is 0 Å². The summed E-state index contributed by atoms with van der Waals surface area (Å²) in [4.78, 5) is 25.6. The zero-order chi connectivity index (χ0) is 8.78. The third-order valence-electron chi connectivity index (χ3n) is 0.577. The van der Waals surface area contributed by atoms with Gasteiger partial charge in [0.05, 0.1) is 0 Å². The third kappa shape index (κ3) is 108. The van der Waals surface area contributed by atoms with Crippen molar-refractivity contribution in [3.63, 3.8) is 0 Å². The molecule has 0 radical (unpaired) electrons. The van der Waals surface area contributed by atoms with Gasteiger partial charge in [-0.25, -0.2) is 0 Å². The summed E-state index contributed by atoms with van der Waals surface area (Å²) in [5.41, 5.74) is 1.38. The average molecular weight is 165 g/mol. The van der Waals surface area contributed by atoms with Crippen molar-refractivity contribution in [1.29, 1.82) is 0 Å². The van der Waals surface area contributed by atoms with E-state index in [1.807, 2.05) is 6.92 Å². The number of phosphoric acid groups is 1. The molecule has 0 aromatic heterocycles. The number of rotatable bonds is 0. The Morgan fingerprint density at radius 1 is 1.30 bits per heavy atom. The molecule has 0 saturated heterocycles. The Balaban J connectivity index is 0. The SMILES string of the molecule is CC=C(C)C.O=P([O-])([O-])[O-]. The molecule has 0 aromatic carbocycles. The molecule has 0 spiro atoms. The van der Waals surface area contributed by atoms with E-state index in [4.69, 9.17) is 19.2 Å². The van der Waals surface area contributed by atoms with Crippen LogP contribution in [0.5, 0.6) is 0 Å². The molecule has 0 amide bonds. The summed E-state index contributed by atoms with van der Waals surface area (Å²) in [6, 6.07) is 0. The Bertz CT molecular complexity index is 133. The van der Waals surface area contributed by atoms with Gasteiger partial charge in [0.15, 0.2) is 0 Å². The highest BCUT2D eigenvalue weighted by Gasteiger charge is 1.60. The maximum atomic E-state index is 8.55. The van der Waals surface area contributed by atoms with Crippen molar-refractivity contribution in [3.8, 4) is 0 Å². The molecular weight excluding hydrogens is 155 g/mol. The first-order valence-electron chi connectivity index (χ1n) is 2.60. The van der Waals surface area contributed by atoms with Gasteiger partial charge in [-0.15, -0.1) is 0 Å². The smallest absolute Gasteiger partial charge is 0.0442 e. The molecule has 0 bridgehead atoms. The van der Waals surface area contributed by atoms with Crippen molar-refractivity contribution in [2.45, 2.75) is 20.8 Å². The monoisotopic (exact) mass is 165 g/mol. The second kappa shape index (κ2) is 5.62. The van der Waals surface area contributed by atoms with Gasteiger partial charge in [-0.2, -0.15) is 7.82 Å². The molecule has 5 heteroatoms. The van der Waals surface area contributed by atoms with Gasteiger partial charge in [0.2, 0.25) is 0 Å². The fourth-order valence-electron chi connectivity index (χ4n) is 0. The van der Waals surface area contributed by atoms with Crippen molar-refractivity contribution >= 4 is 7.82 Å². The van der Waals surface area contributed by atoms with E-state index in [0.717, 1.165) is 0 Å². The molecule has 0 aromatic rings. The molecule has 0 unspecified atom stereocenters. The first-order chi connectivity index (χ1) is 4.27. The van der Waals surface area contributed by atoms with Crippen LogP contribution in [0.1, 0.15) is 20.8 Å². The van der Waals surface area contributed by atoms with Crippen molar-refractivity contribution in [1.82, 2.24) is 0 Å². The minimum atomic E-state index is -5.39. The van der Waals surface area contributed by atoms with E-state index in [-0.39, 0.29) is 0 Å². The first-order valence-corrected chi connectivity index (χ1v) is 4.06. The Labute approximate surface area is 60.4 Å². The number of hydrogen-bond donors (Lipinski definition) is 0. The Kier molecular flexibility index (Phi) is 7.04. The third-order valence-corrected chi connectivity index (χ3v) is 0.577. The molecule has 10 heavy (non-hydrogen) atoms. The molecule has 0 saturated carbocycles. The molecule has 0 atom stereocenters. The molecule has 0 aliphatic carbocycles. The lowest BCUT2D eigenvalue weighted by atomic mass is 10.3. The lowest BCUT2D eigenvalue weighted by Crippen LogP contribution is -2.24. The van der Waals surface area contributed by atoms with Crippen LogP contribution in [0, 0.1) is 0 Å². The van der Waals surface area contributed by atoms with Gasteiger partial charge < -0.3 is 19.2 Å². The van der Waals surface area contributed by atoms with Crippen LogP contribution in [0.25, 0.3) is 0 Å². The standard InChI is InChI=1S/C5H10.H3O4P/c1-4-5(2)3;1-5(2,3)4/h4H,1-3H3;(H3,1,2,3,4)/p-3. The molecule has 0 rings (SSSR count). The molecule has 0 N–H and O–H groups in total. The Morgan fingerprint density at radius 3 is 1.40 bits per heavy atom. The van der Waals surface area contributed by atoms with E-state index in [1.165, 1.54) is 5.57 Å².